The molecule has 0 N–H and O–H groups in total. The first-order valence-electron chi connectivity index (χ1n) is 3.32. The molecule has 1 aromatic rings. The van der Waals surface area contributed by atoms with Crippen LogP contribution in [-0.4, -0.2) is 17.5 Å². The van der Waals surface area contributed by atoms with Crippen molar-refractivity contribution < 1.29 is 18.4 Å². The van der Waals surface area contributed by atoms with Gasteiger partial charge in [0.2, 0.25) is 11.6 Å². The predicted molar refractivity (Wildman–Crippen MR) is 53.3 cm³/mol. The number of hydrogen-bond acceptors (Lipinski definition) is 3. The molecule has 0 saturated heterocycles. The maximum absolute atomic E-state index is 13.0. The van der Waals surface area contributed by atoms with Crippen LogP contribution in [0.3, 0.4) is 0 Å². The molecule has 7 heteroatoms. The highest BCUT2D eigenvalue weighted by atomic mass is 79.9. The van der Waals surface area contributed by atoms with E-state index in [-0.39, 0.29) is 18.7 Å². The lowest BCUT2D eigenvalue weighted by Gasteiger charge is -2.03. The number of fused-ring (bicyclic) bond motifs is 1. The van der Waals surface area contributed by atoms with E-state index in [1.807, 2.05) is 0 Å². The molecule has 14 heavy (non-hydrogen) atoms. The Kier molecular flexibility index (Phi) is 2.17. The third kappa shape index (κ3) is 1.09. The summed E-state index contributed by atoms with van der Waals surface area (Å²) in [6, 6.07) is 0. The molecule has 1 aromatic heterocycles. The average molecular weight is 346 g/mol. The van der Waals surface area contributed by atoms with Crippen LogP contribution in [0.5, 0.6) is 0 Å². The minimum atomic E-state index is -3.90. The van der Waals surface area contributed by atoms with Gasteiger partial charge in [-0.05, 0) is 31.9 Å². The summed E-state index contributed by atoms with van der Waals surface area (Å²) in [6.45, 7) is 0. The second-order valence-electron chi connectivity index (χ2n) is 2.63. The number of carbonyl (C=O) groups excluding carboxylic acids is 2. The summed E-state index contributed by atoms with van der Waals surface area (Å²) in [5, 5.41) is 0. The number of thiophene rings is 1. The molecular formula is C7Br2F2O2S. The Morgan fingerprint density at radius 3 is 1.71 bits per heavy atom. The van der Waals surface area contributed by atoms with Crippen LogP contribution >= 0.6 is 43.2 Å². The normalized spacial score (nSPS) is 18.9. The standard InChI is InChI=1S/C7Br2F2O2S/c8-5-1-2(6(9)14-5)4(13)7(10,11)3(1)12. The molecule has 0 spiro atoms. The Labute approximate surface area is 97.5 Å². The van der Waals surface area contributed by atoms with E-state index in [2.05, 4.69) is 31.9 Å². The summed E-state index contributed by atoms with van der Waals surface area (Å²) in [4.78, 5) is 22.3. The fraction of sp³-hybridized carbons (Fsp3) is 0.143. The number of hydrogen-bond donors (Lipinski definition) is 0. The zero-order valence-electron chi connectivity index (χ0n) is 6.24. The van der Waals surface area contributed by atoms with Gasteiger partial charge in [-0.3, -0.25) is 9.59 Å². The van der Waals surface area contributed by atoms with E-state index in [0.29, 0.717) is 0 Å². The Balaban J connectivity index is 2.78. The maximum Gasteiger partial charge on any atom is 0.371 e. The van der Waals surface area contributed by atoms with Crippen LogP contribution in [0.15, 0.2) is 7.57 Å². The Morgan fingerprint density at radius 2 is 1.36 bits per heavy atom. The molecule has 0 saturated carbocycles. The molecule has 0 bridgehead atoms. The predicted octanol–water partition coefficient (Wildman–Crippen LogP) is 3.29. The van der Waals surface area contributed by atoms with Gasteiger partial charge in [-0.25, -0.2) is 0 Å². The van der Waals surface area contributed by atoms with Gasteiger partial charge in [0.1, 0.15) is 0 Å². The van der Waals surface area contributed by atoms with Gasteiger partial charge < -0.3 is 0 Å². The van der Waals surface area contributed by atoms with Crippen molar-refractivity contribution in [1.82, 2.24) is 0 Å². The van der Waals surface area contributed by atoms with E-state index in [9.17, 15) is 18.4 Å². The summed E-state index contributed by atoms with van der Waals surface area (Å²) in [7, 11) is 0. The summed E-state index contributed by atoms with van der Waals surface area (Å²) in [5.74, 6) is -6.75. The molecule has 1 heterocycles. The molecular weight excluding hydrogens is 346 g/mol. The zero-order chi connectivity index (χ0) is 10.7. The minimum Gasteiger partial charge on any atom is -0.287 e. The first kappa shape index (κ1) is 10.4. The SMILES string of the molecule is O=C1c2c(Br)sc(Br)c2C(=O)C1(F)F. The van der Waals surface area contributed by atoms with Crippen LogP contribution in [0.2, 0.25) is 0 Å². The molecule has 0 unspecified atom stereocenters. The highest BCUT2D eigenvalue weighted by Gasteiger charge is 2.57. The number of rotatable bonds is 0. The smallest absolute Gasteiger partial charge is 0.287 e. The van der Waals surface area contributed by atoms with Crippen molar-refractivity contribution in [3.63, 3.8) is 0 Å². The summed E-state index contributed by atoms with van der Waals surface area (Å²) in [5.41, 5.74) is -0.422. The third-order valence-electron chi connectivity index (χ3n) is 1.85. The van der Waals surface area contributed by atoms with E-state index < -0.39 is 17.5 Å². The third-order valence-corrected chi connectivity index (χ3v) is 4.38. The molecule has 2 nitrogen and oxygen atoms in total. The second kappa shape index (κ2) is 2.93. The van der Waals surface area contributed by atoms with Crippen molar-refractivity contribution in [1.29, 1.82) is 0 Å². The molecule has 1 aliphatic rings. The quantitative estimate of drug-likeness (QED) is 0.676. The topological polar surface area (TPSA) is 34.1 Å². The largest absolute Gasteiger partial charge is 0.371 e. The minimum absolute atomic E-state index is 0.211. The monoisotopic (exact) mass is 344 g/mol. The lowest BCUT2D eigenvalue weighted by molar-refractivity contribution is 0.0188. The highest BCUT2D eigenvalue weighted by molar-refractivity contribution is 9.12. The van der Waals surface area contributed by atoms with Gasteiger partial charge in [0.25, 0.3) is 0 Å². The van der Waals surface area contributed by atoms with Crippen molar-refractivity contribution >= 4 is 54.8 Å². The van der Waals surface area contributed by atoms with Gasteiger partial charge in [-0.15, -0.1) is 11.3 Å². The van der Waals surface area contributed by atoms with Crippen LogP contribution in [0.25, 0.3) is 0 Å². The zero-order valence-corrected chi connectivity index (χ0v) is 10.2. The Bertz CT molecular complexity index is 428. The highest BCUT2D eigenvalue weighted by Crippen LogP contribution is 2.46. The van der Waals surface area contributed by atoms with E-state index in [1.165, 1.54) is 0 Å². The van der Waals surface area contributed by atoms with Crippen LogP contribution in [-0.2, 0) is 0 Å². The van der Waals surface area contributed by atoms with Crippen LogP contribution in [0.4, 0.5) is 8.78 Å². The van der Waals surface area contributed by atoms with Crippen LogP contribution in [0.1, 0.15) is 20.7 Å². The van der Waals surface area contributed by atoms with Gasteiger partial charge in [0.05, 0.1) is 18.7 Å². The van der Waals surface area contributed by atoms with E-state index in [4.69, 9.17) is 0 Å². The second-order valence-corrected chi connectivity index (χ2v) is 6.29. The number of Topliss-reactive ketones (excluding diaryl/α,β-unsaturated/α-hetero) is 2. The summed E-state index contributed by atoms with van der Waals surface area (Å²) in [6.07, 6.45) is 0. The molecule has 74 valence electrons. The van der Waals surface area contributed by atoms with Gasteiger partial charge in [0, 0.05) is 0 Å². The molecule has 2 rings (SSSR count). The molecule has 0 fully saturated rings. The van der Waals surface area contributed by atoms with Gasteiger partial charge >= 0.3 is 5.92 Å². The van der Waals surface area contributed by atoms with Crippen LogP contribution < -0.4 is 0 Å². The van der Waals surface area contributed by atoms with E-state index in [0.717, 1.165) is 11.3 Å². The summed E-state index contributed by atoms with van der Waals surface area (Å²) >= 11 is 6.98. The van der Waals surface area contributed by atoms with Crippen molar-refractivity contribution in [2.75, 3.05) is 0 Å². The maximum atomic E-state index is 13.0. The van der Waals surface area contributed by atoms with Gasteiger partial charge in [-0.2, -0.15) is 8.78 Å². The first-order valence-corrected chi connectivity index (χ1v) is 5.72. The number of halogens is 4. The first-order chi connectivity index (χ1) is 6.37. The van der Waals surface area contributed by atoms with Crippen molar-refractivity contribution in [2.24, 2.45) is 0 Å². The molecule has 0 aliphatic heterocycles. The van der Waals surface area contributed by atoms with Crippen molar-refractivity contribution in [2.45, 2.75) is 5.92 Å². The van der Waals surface area contributed by atoms with Gasteiger partial charge in [0.15, 0.2) is 0 Å². The van der Waals surface area contributed by atoms with Crippen molar-refractivity contribution in [3.8, 4) is 0 Å². The Hall–Kier alpha value is -0.140. The van der Waals surface area contributed by atoms with E-state index >= 15 is 0 Å². The van der Waals surface area contributed by atoms with Crippen molar-refractivity contribution in [3.05, 3.63) is 18.7 Å². The fourth-order valence-electron chi connectivity index (χ4n) is 1.20. The Morgan fingerprint density at radius 1 is 1.00 bits per heavy atom. The van der Waals surface area contributed by atoms with E-state index in [1.54, 1.807) is 0 Å². The van der Waals surface area contributed by atoms with Crippen LogP contribution in [0, 0.1) is 0 Å². The average Bonchev–Trinajstić information content (AvgIpc) is 2.45. The van der Waals surface area contributed by atoms with Gasteiger partial charge in [-0.1, -0.05) is 0 Å². The number of carbonyl (C=O) groups is 2. The molecule has 0 aromatic carbocycles. The molecule has 0 radical (unpaired) electrons. The molecule has 0 atom stereocenters. The lowest BCUT2D eigenvalue weighted by Crippen LogP contribution is -2.30. The molecule has 1 aliphatic carbocycles. The fourth-order valence-corrected chi connectivity index (χ4v) is 4.33. The summed E-state index contributed by atoms with van der Waals surface area (Å²) < 4.78 is 26.5. The number of alkyl halides is 2. The number of ketones is 2. The lowest BCUT2D eigenvalue weighted by atomic mass is 10.2. The molecule has 0 amide bonds.